The van der Waals surface area contributed by atoms with E-state index in [4.69, 9.17) is 11.5 Å². The van der Waals surface area contributed by atoms with Gasteiger partial charge in [0.2, 0.25) is 0 Å². The first-order valence-corrected chi connectivity index (χ1v) is 8.80. The number of amides is 1. The van der Waals surface area contributed by atoms with Gasteiger partial charge in [0.25, 0.3) is 5.91 Å². The minimum atomic E-state index is -1.84. The molecule has 1 heterocycles. The Balaban J connectivity index is 0.00000338. The van der Waals surface area contributed by atoms with Gasteiger partial charge in [0.1, 0.15) is 0 Å². The SMILES string of the molecule is CCCC[C@H](N)C(=O)C1(N)C(=O)N(C)c2ccccc2N=C1C(C)C.Cl. The number of Topliss-reactive ketones (excluding diaryl/α,β-unsaturated/α-hetero) is 1. The second-order valence-electron chi connectivity index (χ2n) is 6.93. The minimum Gasteiger partial charge on any atom is -0.321 e. The Morgan fingerprint density at radius 2 is 1.92 bits per heavy atom. The monoisotopic (exact) mass is 380 g/mol. The van der Waals surface area contributed by atoms with Gasteiger partial charge < -0.3 is 16.4 Å². The maximum Gasteiger partial charge on any atom is 0.260 e. The number of rotatable bonds is 6. The molecule has 0 aromatic heterocycles. The van der Waals surface area contributed by atoms with E-state index in [9.17, 15) is 9.59 Å². The zero-order valence-electron chi connectivity index (χ0n) is 15.9. The summed E-state index contributed by atoms with van der Waals surface area (Å²) in [7, 11) is 1.62. The number of carbonyl (C=O) groups excluding carboxylic acids is 2. The fraction of sp³-hybridized carbons (Fsp3) is 0.526. The van der Waals surface area contributed by atoms with Crippen molar-refractivity contribution in [1.29, 1.82) is 0 Å². The third-order valence-electron chi connectivity index (χ3n) is 4.67. The summed E-state index contributed by atoms with van der Waals surface area (Å²) in [6.07, 6.45) is 2.23. The maximum atomic E-state index is 13.2. The van der Waals surface area contributed by atoms with Gasteiger partial charge in [0.05, 0.1) is 23.1 Å². The highest BCUT2D eigenvalue weighted by atomic mass is 35.5. The molecule has 0 radical (unpaired) electrons. The Bertz CT molecular complexity index is 705. The molecular weight excluding hydrogens is 352 g/mol. The number of halogens is 1. The first-order valence-electron chi connectivity index (χ1n) is 8.80. The van der Waals surface area contributed by atoms with Crippen LogP contribution in [0.1, 0.15) is 40.0 Å². The average Bonchev–Trinajstić information content (AvgIpc) is 2.69. The number of carbonyl (C=O) groups is 2. The van der Waals surface area contributed by atoms with Gasteiger partial charge >= 0.3 is 0 Å². The zero-order chi connectivity index (χ0) is 18.8. The quantitative estimate of drug-likeness (QED) is 0.740. The van der Waals surface area contributed by atoms with E-state index in [2.05, 4.69) is 4.99 Å². The molecule has 7 heteroatoms. The topological polar surface area (TPSA) is 102 Å². The number of aliphatic imine (C=N–C) groups is 1. The van der Waals surface area contributed by atoms with E-state index in [0.717, 1.165) is 12.8 Å². The highest BCUT2D eigenvalue weighted by Crippen LogP contribution is 2.35. The Morgan fingerprint density at radius 1 is 1.31 bits per heavy atom. The van der Waals surface area contributed by atoms with Gasteiger partial charge in [-0.1, -0.05) is 45.7 Å². The largest absolute Gasteiger partial charge is 0.321 e. The average molecular weight is 381 g/mol. The van der Waals surface area contributed by atoms with Crippen molar-refractivity contribution in [3.63, 3.8) is 0 Å². The summed E-state index contributed by atoms with van der Waals surface area (Å²) in [5.41, 5.74) is 12.4. The molecule has 26 heavy (non-hydrogen) atoms. The van der Waals surface area contributed by atoms with E-state index in [1.807, 2.05) is 39.0 Å². The predicted molar refractivity (Wildman–Crippen MR) is 108 cm³/mol. The van der Waals surface area contributed by atoms with Gasteiger partial charge in [0.15, 0.2) is 11.3 Å². The molecule has 1 aliphatic rings. The Hall–Kier alpha value is -1.76. The minimum absolute atomic E-state index is 0. The molecule has 0 aliphatic carbocycles. The molecular formula is C19H29ClN4O2. The summed E-state index contributed by atoms with van der Waals surface area (Å²) in [4.78, 5) is 32.4. The molecule has 1 aromatic carbocycles. The van der Waals surface area contributed by atoms with Crippen LogP contribution in [0.15, 0.2) is 29.3 Å². The normalized spacial score (nSPS) is 20.8. The number of ketones is 1. The van der Waals surface area contributed by atoms with E-state index >= 15 is 0 Å². The zero-order valence-corrected chi connectivity index (χ0v) is 16.7. The smallest absolute Gasteiger partial charge is 0.260 e. The summed E-state index contributed by atoms with van der Waals surface area (Å²) in [5.74, 6) is -1.12. The van der Waals surface area contributed by atoms with E-state index in [1.165, 1.54) is 4.90 Å². The molecule has 0 fully saturated rings. The summed E-state index contributed by atoms with van der Waals surface area (Å²) in [6.45, 7) is 5.79. The fourth-order valence-corrected chi connectivity index (χ4v) is 3.21. The second-order valence-corrected chi connectivity index (χ2v) is 6.93. The van der Waals surface area contributed by atoms with Gasteiger partial charge in [-0.05, 0) is 24.5 Å². The van der Waals surface area contributed by atoms with Crippen LogP contribution < -0.4 is 16.4 Å². The number of nitrogens with zero attached hydrogens (tertiary/aromatic N) is 2. The molecule has 1 amide bonds. The fourth-order valence-electron chi connectivity index (χ4n) is 3.21. The number of fused-ring (bicyclic) bond motifs is 1. The van der Waals surface area contributed by atoms with Crippen LogP contribution in [0, 0.1) is 5.92 Å². The summed E-state index contributed by atoms with van der Waals surface area (Å²) < 4.78 is 0. The summed E-state index contributed by atoms with van der Waals surface area (Å²) in [6, 6.07) is 6.49. The number of likely N-dealkylation sites (N-methyl/N-ethyl adjacent to an activating group) is 1. The Labute approximate surface area is 161 Å². The van der Waals surface area contributed by atoms with Crippen molar-refractivity contribution in [3.8, 4) is 0 Å². The molecule has 1 aliphatic heterocycles. The van der Waals surface area contributed by atoms with Crippen LogP contribution in [-0.2, 0) is 9.59 Å². The first-order chi connectivity index (χ1) is 11.7. The molecule has 1 unspecified atom stereocenters. The standard InChI is InChI=1S/C19H28N4O2.ClH/c1-5-6-9-13(20)17(24)19(21)16(12(2)3)22-14-10-7-8-11-15(14)23(4)18(19)25;/h7-8,10-13H,5-6,9,20-21H2,1-4H3;1H/t13-,19?;/m0./s1. The molecule has 2 atom stereocenters. The number of unbranched alkanes of at least 4 members (excludes halogenated alkanes) is 1. The van der Waals surface area contributed by atoms with Gasteiger partial charge in [-0.2, -0.15) is 0 Å². The van der Waals surface area contributed by atoms with Crippen LogP contribution in [0.2, 0.25) is 0 Å². The van der Waals surface area contributed by atoms with Crippen LogP contribution in [0.25, 0.3) is 0 Å². The van der Waals surface area contributed by atoms with Crippen LogP contribution in [0.4, 0.5) is 11.4 Å². The highest BCUT2D eigenvalue weighted by molar-refractivity contribution is 6.35. The molecule has 1 aromatic rings. The number of hydrogen-bond acceptors (Lipinski definition) is 5. The number of anilines is 1. The summed E-state index contributed by atoms with van der Waals surface area (Å²) in [5, 5.41) is 0. The lowest BCUT2D eigenvalue weighted by atomic mass is 9.79. The molecule has 0 spiro atoms. The van der Waals surface area contributed by atoms with Crippen molar-refractivity contribution in [2.45, 2.75) is 51.6 Å². The van der Waals surface area contributed by atoms with Gasteiger partial charge in [-0.25, -0.2) is 0 Å². The van der Waals surface area contributed by atoms with Gasteiger partial charge in [0, 0.05) is 7.05 Å². The molecule has 6 nitrogen and oxygen atoms in total. The van der Waals surface area contributed by atoms with E-state index < -0.39 is 23.3 Å². The van der Waals surface area contributed by atoms with Crippen LogP contribution in [0.3, 0.4) is 0 Å². The van der Waals surface area contributed by atoms with E-state index in [1.54, 1.807) is 13.1 Å². The lowest BCUT2D eigenvalue weighted by Crippen LogP contribution is -2.68. The van der Waals surface area contributed by atoms with Gasteiger partial charge in [-0.15, -0.1) is 12.4 Å². The molecule has 0 bridgehead atoms. The lowest BCUT2D eigenvalue weighted by molar-refractivity contribution is -0.132. The Kier molecular flexibility index (Phi) is 7.50. The number of hydrogen-bond donors (Lipinski definition) is 2. The second kappa shape index (κ2) is 8.75. The molecule has 0 saturated carbocycles. The van der Waals surface area contributed by atoms with Crippen molar-refractivity contribution in [3.05, 3.63) is 24.3 Å². The third kappa shape index (κ3) is 3.82. The predicted octanol–water partition coefficient (Wildman–Crippen LogP) is 2.60. The highest BCUT2D eigenvalue weighted by Gasteiger charge is 2.52. The van der Waals surface area contributed by atoms with E-state index in [0.29, 0.717) is 23.5 Å². The summed E-state index contributed by atoms with van der Waals surface area (Å²) >= 11 is 0. The lowest BCUT2D eigenvalue weighted by Gasteiger charge is -2.33. The van der Waals surface area contributed by atoms with Crippen molar-refractivity contribution >= 4 is 41.2 Å². The number of para-hydroxylation sites is 2. The molecule has 144 valence electrons. The molecule has 0 saturated heterocycles. The number of benzene rings is 1. The van der Waals surface area contributed by atoms with Crippen LogP contribution in [0.5, 0.6) is 0 Å². The maximum absolute atomic E-state index is 13.2. The van der Waals surface area contributed by atoms with Crippen LogP contribution in [-0.4, -0.2) is 36.0 Å². The van der Waals surface area contributed by atoms with Crippen molar-refractivity contribution in [1.82, 2.24) is 0 Å². The first kappa shape index (κ1) is 22.3. The number of nitrogens with two attached hydrogens (primary N) is 2. The van der Waals surface area contributed by atoms with E-state index in [-0.39, 0.29) is 18.3 Å². The molecule has 2 rings (SSSR count). The van der Waals surface area contributed by atoms with Gasteiger partial charge in [-0.3, -0.25) is 14.6 Å². The van der Waals surface area contributed by atoms with Crippen molar-refractivity contribution in [2.24, 2.45) is 22.4 Å². The van der Waals surface area contributed by atoms with Crippen molar-refractivity contribution < 1.29 is 9.59 Å². The molecule has 4 N–H and O–H groups in total. The third-order valence-corrected chi connectivity index (χ3v) is 4.67. The Morgan fingerprint density at radius 3 is 2.50 bits per heavy atom. The van der Waals surface area contributed by atoms with Crippen LogP contribution >= 0.6 is 12.4 Å². The van der Waals surface area contributed by atoms with Crippen molar-refractivity contribution in [2.75, 3.05) is 11.9 Å².